The van der Waals surface area contributed by atoms with Crippen LogP contribution >= 0.6 is 11.6 Å². The van der Waals surface area contributed by atoms with E-state index in [0.717, 1.165) is 37.4 Å². The zero-order valence-electron chi connectivity index (χ0n) is 13.5. The van der Waals surface area contributed by atoms with Gasteiger partial charge in [0, 0.05) is 37.3 Å². The van der Waals surface area contributed by atoms with Gasteiger partial charge in [-0.05, 0) is 31.2 Å². The van der Waals surface area contributed by atoms with Crippen LogP contribution in [0.15, 0.2) is 18.2 Å². The lowest BCUT2D eigenvalue weighted by Crippen LogP contribution is -2.38. The number of likely N-dealkylation sites (tertiary alicyclic amines) is 1. The Morgan fingerprint density at radius 3 is 3.13 bits per heavy atom. The first-order valence-corrected chi connectivity index (χ1v) is 8.46. The Balaban J connectivity index is 1.64. The number of halogens is 1. The minimum absolute atomic E-state index is 0.0765. The molecule has 1 atom stereocenters. The fourth-order valence-corrected chi connectivity index (χ4v) is 3.46. The Morgan fingerprint density at radius 1 is 1.43 bits per heavy atom. The standard InChI is InChI=1S/C17H23ClN2O3/c1-22-8-6-19-5-4-13(11-19)17(21)20-7-9-23-16-3-2-15(18)10-14(16)12-20/h2-3,10,13H,4-9,11-12H2,1H3/t13-/m0/s1. The molecule has 23 heavy (non-hydrogen) atoms. The number of benzene rings is 1. The Hall–Kier alpha value is -1.30. The summed E-state index contributed by atoms with van der Waals surface area (Å²) in [6, 6.07) is 5.60. The largest absolute Gasteiger partial charge is 0.491 e. The summed E-state index contributed by atoms with van der Waals surface area (Å²) in [5, 5.41) is 0.674. The van der Waals surface area contributed by atoms with Crippen LogP contribution in [0.4, 0.5) is 0 Å². The zero-order valence-corrected chi connectivity index (χ0v) is 14.2. The van der Waals surface area contributed by atoms with Gasteiger partial charge in [-0.3, -0.25) is 4.79 Å². The number of fused-ring (bicyclic) bond motifs is 1. The molecular weight excluding hydrogens is 316 g/mol. The highest BCUT2D eigenvalue weighted by Gasteiger charge is 2.32. The van der Waals surface area contributed by atoms with Crippen LogP contribution in [-0.2, 0) is 16.1 Å². The topological polar surface area (TPSA) is 42.0 Å². The molecule has 0 radical (unpaired) electrons. The van der Waals surface area contributed by atoms with Gasteiger partial charge in [-0.2, -0.15) is 0 Å². The second-order valence-corrected chi connectivity index (χ2v) is 6.58. The van der Waals surface area contributed by atoms with Crippen LogP contribution in [0.2, 0.25) is 5.02 Å². The lowest BCUT2D eigenvalue weighted by molar-refractivity contribution is -0.135. The average molecular weight is 339 g/mol. The average Bonchev–Trinajstić information content (AvgIpc) is 2.92. The number of ether oxygens (including phenoxy) is 2. The molecule has 1 fully saturated rings. The van der Waals surface area contributed by atoms with E-state index in [2.05, 4.69) is 4.90 Å². The maximum atomic E-state index is 12.8. The van der Waals surface area contributed by atoms with Gasteiger partial charge in [0.05, 0.1) is 19.1 Å². The molecule has 0 N–H and O–H groups in total. The first kappa shape index (κ1) is 16.6. The van der Waals surface area contributed by atoms with Crippen molar-refractivity contribution in [3.05, 3.63) is 28.8 Å². The summed E-state index contributed by atoms with van der Waals surface area (Å²) in [5.41, 5.74) is 0.984. The summed E-state index contributed by atoms with van der Waals surface area (Å²) in [6.45, 7) is 5.12. The Morgan fingerprint density at radius 2 is 2.30 bits per heavy atom. The van der Waals surface area contributed by atoms with Crippen molar-refractivity contribution < 1.29 is 14.3 Å². The highest BCUT2D eigenvalue weighted by Crippen LogP contribution is 2.28. The number of hydrogen-bond acceptors (Lipinski definition) is 4. The van der Waals surface area contributed by atoms with Gasteiger partial charge in [-0.15, -0.1) is 0 Å². The zero-order chi connectivity index (χ0) is 16.2. The highest BCUT2D eigenvalue weighted by atomic mass is 35.5. The third-order valence-electron chi connectivity index (χ3n) is 4.55. The van der Waals surface area contributed by atoms with E-state index in [4.69, 9.17) is 21.1 Å². The number of rotatable bonds is 4. The van der Waals surface area contributed by atoms with E-state index < -0.39 is 0 Å². The van der Waals surface area contributed by atoms with Gasteiger partial charge >= 0.3 is 0 Å². The summed E-state index contributed by atoms with van der Waals surface area (Å²) in [7, 11) is 1.71. The first-order valence-electron chi connectivity index (χ1n) is 8.08. The number of nitrogens with zero attached hydrogens (tertiary/aromatic N) is 2. The summed E-state index contributed by atoms with van der Waals surface area (Å²) in [5.74, 6) is 1.13. The highest BCUT2D eigenvalue weighted by molar-refractivity contribution is 6.30. The second kappa shape index (κ2) is 7.51. The number of methoxy groups -OCH3 is 1. The normalized spacial score (nSPS) is 21.7. The monoisotopic (exact) mass is 338 g/mol. The van der Waals surface area contributed by atoms with E-state index in [1.54, 1.807) is 7.11 Å². The van der Waals surface area contributed by atoms with Gasteiger partial charge in [0.1, 0.15) is 12.4 Å². The molecule has 2 heterocycles. The van der Waals surface area contributed by atoms with Crippen molar-refractivity contribution in [2.24, 2.45) is 5.92 Å². The van der Waals surface area contributed by atoms with Crippen LogP contribution < -0.4 is 4.74 Å². The molecular formula is C17H23ClN2O3. The van der Waals surface area contributed by atoms with Crippen LogP contribution in [0.25, 0.3) is 0 Å². The summed E-state index contributed by atoms with van der Waals surface area (Å²) < 4.78 is 10.9. The molecule has 6 heteroatoms. The maximum Gasteiger partial charge on any atom is 0.227 e. The quantitative estimate of drug-likeness (QED) is 0.842. The molecule has 0 bridgehead atoms. The van der Waals surface area contributed by atoms with E-state index in [-0.39, 0.29) is 11.8 Å². The molecule has 1 aromatic carbocycles. The number of carbonyl (C=O) groups is 1. The molecule has 1 saturated heterocycles. The molecule has 0 aliphatic carbocycles. The summed E-state index contributed by atoms with van der Waals surface area (Å²) in [4.78, 5) is 17.1. The molecule has 0 spiro atoms. The van der Waals surface area contributed by atoms with Crippen molar-refractivity contribution in [1.29, 1.82) is 0 Å². The number of carbonyl (C=O) groups excluding carboxylic acids is 1. The molecule has 1 amide bonds. The van der Waals surface area contributed by atoms with Crippen LogP contribution in [0, 0.1) is 5.92 Å². The fraction of sp³-hybridized carbons (Fsp3) is 0.588. The van der Waals surface area contributed by atoms with Crippen LogP contribution in [-0.4, -0.2) is 62.2 Å². The Bertz CT molecular complexity index is 567. The maximum absolute atomic E-state index is 12.8. The van der Waals surface area contributed by atoms with Gasteiger partial charge in [0.2, 0.25) is 5.91 Å². The van der Waals surface area contributed by atoms with E-state index >= 15 is 0 Å². The lowest BCUT2D eigenvalue weighted by atomic mass is 10.1. The number of amides is 1. The SMILES string of the molecule is COCCN1CC[C@H](C(=O)N2CCOc3ccc(Cl)cc3C2)C1. The molecule has 2 aliphatic heterocycles. The molecule has 0 aromatic heterocycles. The smallest absolute Gasteiger partial charge is 0.227 e. The van der Waals surface area contributed by atoms with Crippen molar-refractivity contribution in [1.82, 2.24) is 9.80 Å². The molecule has 3 rings (SSSR count). The number of hydrogen-bond donors (Lipinski definition) is 0. The molecule has 2 aliphatic rings. The fourth-order valence-electron chi connectivity index (χ4n) is 3.27. The van der Waals surface area contributed by atoms with Gasteiger partial charge in [-0.1, -0.05) is 11.6 Å². The molecule has 126 valence electrons. The van der Waals surface area contributed by atoms with E-state index in [9.17, 15) is 4.79 Å². The van der Waals surface area contributed by atoms with Crippen LogP contribution in [0.1, 0.15) is 12.0 Å². The van der Waals surface area contributed by atoms with E-state index in [1.807, 2.05) is 23.1 Å². The minimum Gasteiger partial charge on any atom is -0.491 e. The summed E-state index contributed by atoms with van der Waals surface area (Å²) >= 11 is 6.07. The van der Waals surface area contributed by atoms with Crippen molar-refractivity contribution in [2.45, 2.75) is 13.0 Å². The molecule has 0 saturated carbocycles. The van der Waals surface area contributed by atoms with Crippen molar-refractivity contribution in [2.75, 3.05) is 46.5 Å². The van der Waals surface area contributed by atoms with Crippen LogP contribution in [0.3, 0.4) is 0 Å². The van der Waals surface area contributed by atoms with Crippen molar-refractivity contribution >= 4 is 17.5 Å². The lowest BCUT2D eigenvalue weighted by Gasteiger charge is -2.23. The minimum atomic E-state index is 0.0765. The Labute approximate surface area is 142 Å². The Kier molecular flexibility index (Phi) is 5.41. The summed E-state index contributed by atoms with van der Waals surface area (Å²) in [6.07, 6.45) is 0.919. The van der Waals surface area contributed by atoms with Gasteiger partial charge in [0.25, 0.3) is 0 Å². The molecule has 1 aromatic rings. The molecule has 0 unspecified atom stereocenters. The first-order chi connectivity index (χ1) is 11.2. The van der Waals surface area contributed by atoms with Crippen molar-refractivity contribution in [3.8, 4) is 5.75 Å². The van der Waals surface area contributed by atoms with Gasteiger partial charge < -0.3 is 19.3 Å². The van der Waals surface area contributed by atoms with E-state index in [0.29, 0.717) is 31.3 Å². The third kappa shape index (κ3) is 3.97. The van der Waals surface area contributed by atoms with Crippen molar-refractivity contribution in [3.63, 3.8) is 0 Å². The second-order valence-electron chi connectivity index (χ2n) is 6.14. The van der Waals surface area contributed by atoms with E-state index in [1.165, 1.54) is 0 Å². The third-order valence-corrected chi connectivity index (χ3v) is 4.78. The van der Waals surface area contributed by atoms with Gasteiger partial charge in [0.15, 0.2) is 0 Å². The van der Waals surface area contributed by atoms with Crippen LogP contribution in [0.5, 0.6) is 5.75 Å². The predicted octanol–water partition coefficient (Wildman–Crippen LogP) is 2.03. The van der Waals surface area contributed by atoms with Gasteiger partial charge in [-0.25, -0.2) is 0 Å². The molecule has 5 nitrogen and oxygen atoms in total. The predicted molar refractivity (Wildman–Crippen MR) is 88.8 cm³/mol.